The summed E-state index contributed by atoms with van der Waals surface area (Å²) in [6.07, 6.45) is 5.99. The highest BCUT2D eigenvalue weighted by Gasteiger charge is 2.08. The summed E-state index contributed by atoms with van der Waals surface area (Å²) in [7, 11) is 0. The zero-order chi connectivity index (χ0) is 16.5. The summed E-state index contributed by atoms with van der Waals surface area (Å²) in [5.41, 5.74) is 2.32. The predicted octanol–water partition coefficient (Wildman–Crippen LogP) is 4.90. The van der Waals surface area contributed by atoms with Gasteiger partial charge < -0.3 is 4.74 Å². The topological polar surface area (TPSA) is 50.1 Å². The van der Waals surface area contributed by atoms with Crippen molar-refractivity contribution in [3.63, 3.8) is 0 Å². The van der Waals surface area contributed by atoms with E-state index in [1.165, 1.54) is 31.2 Å². The first-order valence-electron chi connectivity index (χ1n) is 8.04. The van der Waals surface area contributed by atoms with E-state index in [2.05, 4.69) is 6.92 Å². The van der Waals surface area contributed by atoms with Crippen LogP contribution in [0.15, 0.2) is 48.5 Å². The smallest absolute Gasteiger partial charge is 0.343 e. The summed E-state index contributed by atoms with van der Waals surface area (Å²) in [5.74, 6) is 0.0601. The number of unbranched alkanes of at least 4 members (excludes halogenated alkanes) is 3. The standard InChI is InChI=1S/C20H21NO2/c1-2-3-4-5-6-16-7-11-18(12-8-16)20(22)23-19-13-9-17(15-21)10-14-19/h7-14H,2-6H2,1H3. The van der Waals surface area contributed by atoms with E-state index in [0.29, 0.717) is 16.9 Å². The number of nitriles is 1. The average molecular weight is 307 g/mol. The number of rotatable bonds is 7. The summed E-state index contributed by atoms with van der Waals surface area (Å²) in [4.78, 5) is 12.1. The molecule has 0 aliphatic heterocycles. The van der Waals surface area contributed by atoms with E-state index in [-0.39, 0.29) is 5.97 Å². The Hall–Kier alpha value is -2.60. The normalized spacial score (nSPS) is 10.1. The maximum absolute atomic E-state index is 12.1. The predicted molar refractivity (Wildman–Crippen MR) is 90.4 cm³/mol. The Kier molecular flexibility index (Phi) is 6.38. The highest BCUT2D eigenvalue weighted by molar-refractivity contribution is 5.91. The van der Waals surface area contributed by atoms with Crippen molar-refractivity contribution in [2.45, 2.75) is 39.0 Å². The lowest BCUT2D eigenvalue weighted by Gasteiger charge is -2.06. The third-order valence-electron chi connectivity index (χ3n) is 3.70. The van der Waals surface area contributed by atoms with Crippen molar-refractivity contribution < 1.29 is 9.53 Å². The second-order valence-electron chi connectivity index (χ2n) is 5.53. The SMILES string of the molecule is CCCCCCc1ccc(C(=O)Oc2ccc(C#N)cc2)cc1. The molecule has 0 fully saturated rings. The van der Waals surface area contributed by atoms with Gasteiger partial charge in [0.15, 0.2) is 0 Å². The molecule has 2 aromatic carbocycles. The molecule has 23 heavy (non-hydrogen) atoms. The van der Waals surface area contributed by atoms with Gasteiger partial charge in [0.05, 0.1) is 17.2 Å². The third-order valence-corrected chi connectivity index (χ3v) is 3.70. The molecule has 0 saturated heterocycles. The van der Waals surface area contributed by atoms with Crippen LogP contribution >= 0.6 is 0 Å². The molecular weight excluding hydrogens is 286 g/mol. The summed E-state index contributed by atoms with van der Waals surface area (Å²) < 4.78 is 5.30. The van der Waals surface area contributed by atoms with Gasteiger partial charge in [-0.3, -0.25) is 0 Å². The molecule has 0 amide bonds. The highest BCUT2D eigenvalue weighted by Crippen LogP contribution is 2.15. The first kappa shape index (κ1) is 16.8. The molecule has 0 aliphatic rings. The first-order chi connectivity index (χ1) is 11.2. The molecule has 0 heterocycles. The van der Waals surface area contributed by atoms with E-state index in [4.69, 9.17) is 10.00 Å². The van der Waals surface area contributed by atoms with Gasteiger partial charge in [0.1, 0.15) is 5.75 Å². The molecule has 0 saturated carbocycles. The number of hydrogen-bond donors (Lipinski definition) is 0. The van der Waals surface area contributed by atoms with Gasteiger partial charge in [-0.1, -0.05) is 38.3 Å². The van der Waals surface area contributed by atoms with Crippen molar-refractivity contribution >= 4 is 5.97 Å². The molecule has 0 unspecified atom stereocenters. The second-order valence-corrected chi connectivity index (χ2v) is 5.53. The quantitative estimate of drug-likeness (QED) is 0.415. The number of ether oxygens (including phenoxy) is 1. The summed E-state index contributed by atoms with van der Waals surface area (Å²) in [5, 5.41) is 8.75. The lowest BCUT2D eigenvalue weighted by Crippen LogP contribution is -2.08. The molecule has 0 atom stereocenters. The Labute approximate surface area is 137 Å². The Balaban J connectivity index is 1.90. The summed E-state index contributed by atoms with van der Waals surface area (Å²) in [6, 6.07) is 16.1. The van der Waals surface area contributed by atoms with Crippen LogP contribution in [-0.2, 0) is 6.42 Å². The van der Waals surface area contributed by atoms with E-state index in [1.54, 1.807) is 36.4 Å². The number of carbonyl (C=O) groups is 1. The molecule has 0 radical (unpaired) electrons. The number of esters is 1. The van der Waals surface area contributed by atoms with Gasteiger partial charge in [-0.2, -0.15) is 5.26 Å². The van der Waals surface area contributed by atoms with Gasteiger partial charge in [-0.15, -0.1) is 0 Å². The van der Waals surface area contributed by atoms with Gasteiger partial charge in [-0.05, 0) is 54.8 Å². The maximum atomic E-state index is 12.1. The van der Waals surface area contributed by atoms with Gasteiger partial charge >= 0.3 is 5.97 Å². The third kappa shape index (κ3) is 5.27. The highest BCUT2D eigenvalue weighted by atomic mass is 16.5. The van der Waals surface area contributed by atoms with Gasteiger partial charge in [0.2, 0.25) is 0 Å². The summed E-state index contributed by atoms with van der Waals surface area (Å²) >= 11 is 0. The fourth-order valence-corrected chi connectivity index (χ4v) is 2.33. The van der Waals surface area contributed by atoms with Crippen LogP contribution in [0.1, 0.15) is 54.1 Å². The zero-order valence-electron chi connectivity index (χ0n) is 13.4. The molecule has 3 heteroatoms. The van der Waals surface area contributed by atoms with Crippen molar-refractivity contribution in [3.8, 4) is 11.8 Å². The molecule has 3 nitrogen and oxygen atoms in total. The Morgan fingerprint density at radius 2 is 1.70 bits per heavy atom. The van der Waals surface area contributed by atoms with Crippen LogP contribution in [-0.4, -0.2) is 5.97 Å². The minimum absolute atomic E-state index is 0.382. The maximum Gasteiger partial charge on any atom is 0.343 e. The average Bonchev–Trinajstić information content (AvgIpc) is 2.60. The van der Waals surface area contributed by atoms with Crippen molar-refractivity contribution in [1.29, 1.82) is 5.26 Å². The van der Waals surface area contributed by atoms with Crippen LogP contribution in [0.25, 0.3) is 0 Å². The van der Waals surface area contributed by atoms with Gasteiger partial charge in [-0.25, -0.2) is 4.79 Å². The van der Waals surface area contributed by atoms with Crippen molar-refractivity contribution in [1.82, 2.24) is 0 Å². The summed E-state index contributed by atoms with van der Waals surface area (Å²) in [6.45, 7) is 2.20. The van der Waals surface area contributed by atoms with Crippen LogP contribution in [0.2, 0.25) is 0 Å². The van der Waals surface area contributed by atoms with Crippen LogP contribution in [0, 0.1) is 11.3 Å². The van der Waals surface area contributed by atoms with Gasteiger partial charge in [0, 0.05) is 0 Å². The van der Waals surface area contributed by atoms with E-state index in [0.717, 1.165) is 6.42 Å². The van der Waals surface area contributed by atoms with Crippen LogP contribution in [0.4, 0.5) is 0 Å². The Morgan fingerprint density at radius 1 is 1.00 bits per heavy atom. The number of aryl methyl sites for hydroxylation is 1. The Morgan fingerprint density at radius 3 is 2.30 bits per heavy atom. The molecule has 0 aromatic heterocycles. The number of nitrogens with zero attached hydrogens (tertiary/aromatic N) is 1. The molecule has 0 aliphatic carbocycles. The van der Waals surface area contributed by atoms with Crippen LogP contribution in [0.3, 0.4) is 0 Å². The van der Waals surface area contributed by atoms with Gasteiger partial charge in [0.25, 0.3) is 0 Å². The van der Waals surface area contributed by atoms with Crippen molar-refractivity contribution in [2.75, 3.05) is 0 Å². The number of benzene rings is 2. The lowest BCUT2D eigenvalue weighted by molar-refractivity contribution is 0.0735. The van der Waals surface area contributed by atoms with Crippen LogP contribution in [0.5, 0.6) is 5.75 Å². The number of hydrogen-bond acceptors (Lipinski definition) is 3. The lowest BCUT2D eigenvalue weighted by atomic mass is 10.0. The minimum atomic E-state index is -0.382. The molecular formula is C20H21NO2. The van der Waals surface area contributed by atoms with Crippen molar-refractivity contribution in [2.24, 2.45) is 0 Å². The van der Waals surface area contributed by atoms with E-state index < -0.39 is 0 Å². The van der Waals surface area contributed by atoms with Crippen LogP contribution < -0.4 is 4.74 Å². The second kappa shape index (κ2) is 8.75. The Bertz CT molecular complexity index is 666. The van der Waals surface area contributed by atoms with Crippen molar-refractivity contribution in [3.05, 3.63) is 65.2 Å². The zero-order valence-corrected chi connectivity index (χ0v) is 13.4. The largest absolute Gasteiger partial charge is 0.423 e. The first-order valence-corrected chi connectivity index (χ1v) is 8.04. The van der Waals surface area contributed by atoms with E-state index >= 15 is 0 Å². The minimum Gasteiger partial charge on any atom is -0.423 e. The monoisotopic (exact) mass is 307 g/mol. The van der Waals surface area contributed by atoms with E-state index in [1.807, 2.05) is 18.2 Å². The molecule has 118 valence electrons. The molecule has 0 N–H and O–H groups in total. The molecule has 2 rings (SSSR count). The fourth-order valence-electron chi connectivity index (χ4n) is 2.33. The molecule has 0 bridgehead atoms. The molecule has 2 aromatic rings. The number of carbonyl (C=O) groups excluding carboxylic acids is 1. The molecule has 0 spiro atoms. The van der Waals surface area contributed by atoms with E-state index in [9.17, 15) is 4.79 Å². The fraction of sp³-hybridized carbons (Fsp3) is 0.300.